The smallest absolute Gasteiger partial charge is 0.377 e. The number of aromatic amines is 1. The molecule has 3 aromatic rings. The Hall–Kier alpha value is -4.02. The predicted molar refractivity (Wildman–Crippen MR) is 93.0 cm³/mol. The molecule has 27 heavy (non-hydrogen) atoms. The molecule has 1 amide bonds. The van der Waals surface area contributed by atoms with Crippen LogP contribution in [0.1, 0.15) is 17.3 Å². The molecule has 0 saturated carbocycles. The first-order valence-corrected chi connectivity index (χ1v) is 7.54. The number of H-pyrrole nitrogens is 1. The first-order valence-electron chi connectivity index (χ1n) is 7.54. The van der Waals surface area contributed by atoms with Gasteiger partial charge in [0.1, 0.15) is 12.1 Å². The normalized spacial score (nSPS) is 10.6. The lowest BCUT2D eigenvalue weighted by molar-refractivity contribution is -0.131. The Morgan fingerprint density at radius 2 is 2.07 bits per heavy atom. The highest BCUT2D eigenvalue weighted by Crippen LogP contribution is 2.31. The molecule has 3 heterocycles. The molecule has 3 aromatic heterocycles. The Balaban J connectivity index is 2.10. The number of nitrogens with zero attached hydrogens (tertiary/aromatic N) is 4. The molecule has 0 spiro atoms. The number of methoxy groups -OCH3 is 1. The maximum Gasteiger partial charge on any atom is 0.377 e. The van der Waals surface area contributed by atoms with Crippen molar-refractivity contribution in [3.05, 3.63) is 36.4 Å². The number of nitrogens with one attached hydrogen (secondary N) is 2. The number of amides is 1. The van der Waals surface area contributed by atoms with E-state index in [4.69, 9.17) is 9.84 Å². The number of carboxylic acid groups (broad SMARTS) is 1. The molecule has 0 atom stereocenters. The third kappa shape index (κ3) is 3.13. The van der Waals surface area contributed by atoms with Crippen molar-refractivity contribution in [2.45, 2.75) is 6.92 Å². The van der Waals surface area contributed by atoms with E-state index in [1.165, 1.54) is 30.5 Å². The maximum atomic E-state index is 11.9. The first-order chi connectivity index (χ1) is 12.8. The quantitative estimate of drug-likeness (QED) is 0.329. The van der Waals surface area contributed by atoms with Gasteiger partial charge in [0.05, 0.1) is 29.8 Å². The molecule has 0 aromatic carbocycles. The van der Waals surface area contributed by atoms with Gasteiger partial charge in [0.2, 0.25) is 5.95 Å². The Morgan fingerprint density at radius 3 is 2.70 bits per heavy atom. The summed E-state index contributed by atoms with van der Waals surface area (Å²) < 4.78 is 6.46. The fourth-order valence-electron chi connectivity index (χ4n) is 2.36. The number of carbonyl (C=O) groups is 3. The number of ketones is 1. The highest BCUT2D eigenvalue weighted by atomic mass is 16.5. The largest absolute Gasteiger partial charge is 0.494 e. The van der Waals surface area contributed by atoms with Gasteiger partial charge in [0.25, 0.3) is 11.7 Å². The average Bonchev–Trinajstić information content (AvgIpc) is 3.27. The van der Waals surface area contributed by atoms with Crippen molar-refractivity contribution in [2.75, 3.05) is 12.4 Å². The van der Waals surface area contributed by atoms with Crippen LogP contribution < -0.4 is 10.1 Å². The fraction of sp³-hybridized carbons (Fsp3) is 0.125. The number of ether oxygens (including phenoxy) is 1. The van der Waals surface area contributed by atoms with Crippen LogP contribution in [0, 0.1) is 0 Å². The number of aromatic nitrogens is 5. The van der Waals surface area contributed by atoms with Crippen LogP contribution in [0.5, 0.6) is 5.75 Å². The summed E-state index contributed by atoms with van der Waals surface area (Å²) in [5, 5.41) is 15.8. The minimum atomic E-state index is -1.60. The van der Waals surface area contributed by atoms with Crippen molar-refractivity contribution in [1.82, 2.24) is 24.7 Å². The van der Waals surface area contributed by atoms with Gasteiger partial charge in [-0.15, -0.1) is 5.10 Å². The van der Waals surface area contributed by atoms with Crippen molar-refractivity contribution < 1.29 is 24.2 Å². The van der Waals surface area contributed by atoms with E-state index in [1.807, 2.05) is 0 Å². The van der Waals surface area contributed by atoms with Gasteiger partial charge in [-0.2, -0.15) is 9.67 Å². The number of hydrogen-bond acceptors (Lipinski definition) is 7. The lowest BCUT2D eigenvalue weighted by Crippen LogP contribution is -2.13. The molecule has 0 unspecified atom stereocenters. The Kier molecular flexibility index (Phi) is 4.42. The van der Waals surface area contributed by atoms with Crippen LogP contribution in [0.15, 0.2) is 30.9 Å². The Bertz CT molecular complexity index is 1100. The van der Waals surface area contributed by atoms with Crippen LogP contribution in [0.3, 0.4) is 0 Å². The second-order valence-corrected chi connectivity index (χ2v) is 5.48. The third-order valence-corrected chi connectivity index (χ3v) is 3.63. The van der Waals surface area contributed by atoms with E-state index in [9.17, 15) is 14.4 Å². The van der Waals surface area contributed by atoms with Gasteiger partial charge in [-0.1, -0.05) is 6.58 Å². The number of Topliss-reactive ketones (excluding diaryl/α,β-unsaturated/α-hetero) is 1. The number of carbonyl (C=O) groups excluding carboxylic acids is 2. The van der Waals surface area contributed by atoms with E-state index in [-0.39, 0.29) is 34.0 Å². The molecule has 0 aliphatic carbocycles. The van der Waals surface area contributed by atoms with Gasteiger partial charge in [-0.05, 0) is 6.92 Å². The molecule has 3 rings (SSSR count). The highest BCUT2D eigenvalue weighted by molar-refractivity contribution is 6.42. The number of anilines is 1. The third-order valence-electron chi connectivity index (χ3n) is 3.63. The number of pyridine rings is 1. The maximum absolute atomic E-state index is 11.9. The molecule has 138 valence electrons. The first kappa shape index (κ1) is 17.8. The number of carboxylic acids is 1. The number of hydrogen-bond donors (Lipinski definition) is 3. The van der Waals surface area contributed by atoms with E-state index < -0.39 is 17.7 Å². The summed E-state index contributed by atoms with van der Waals surface area (Å²) >= 11 is 0. The van der Waals surface area contributed by atoms with Gasteiger partial charge in [0, 0.05) is 11.8 Å². The Labute approximate surface area is 151 Å². The number of rotatable bonds is 6. The zero-order chi connectivity index (χ0) is 19.7. The standard InChI is InChI=1S/C16H14N6O5/c1-7(2)14(24)20-16-19-6-22(21-16)13-11-10(9(27-3)5-18-13)8(4-17-11)12(23)15(25)26/h4-6,17H,1H2,2-3H3,(H,25,26)(H,20,21,24). The number of fused-ring (bicyclic) bond motifs is 1. The van der Waals surface area contributed by atoms with Crippen LogP contribution in [0.2, 0.25) is 0 Å². The van der Waals surface area contributed by atoms with Crippen LogP contribution in [-0.4, -0.2) is 54.6 Å². The molecule has 0 bridgehead atoms. The van der Waals surface area contributed by atoms with Crippen molar-refractivity contribution >= 4 is 34.5 Å². The second kappa shape index (κ2) is 6.71. The van der Waals surface area contributed by atoms with E-state index >= 15 is 0 Å². The van der Waals surface area contributed by atoms with Crippen LogP contribution in [0.25, 0.3) is 16.7 Å². The van der Waals surface area contributed by atoms with Crippen LogP contribution in [0.4, 0.5) is 5.95 Å². The van der Waals surface area contributed by atoms with Crippen molar-refractivity contribution in [2.24, 2.45) is 0 Å². The summed E-state index contributed by atoms with van der Waals surface area (Å²) in [6.07, 6.45) is 3.90. The number of aliphatic carboxylic acids is 1. The van der Waals surface area contributed by atoms with Gasteiger partial charge >= 0.3 is 5.97 Å². The summed E-state index contributed by atoms with van der Waals surface area (Å²) in [5.41, 5.74) is 0.535. The molecule has 0 saturated heterocycles. The minimum Gasteiger partial charge on any atom is -0.494 e. The van der Waals surface area contributed by atoms with Crippen molar-refractivity contribution in [1.29, 1.82) is 0 Å². The van der Waals surface area contributed by atoms with Crippen molar-refractivity contribution in [3.8, 4) is 11.6 Å². The van der Waals surface area contributed by atoms with Crippen molar-refractivity contribution in [3.63, 3.8) is 0 Å². The Morgan fingerprint density at radius 1 is 1.33 bits per heavy atom. The zero-order valence-corrected chi connectivity index (χ0v) is 14.3. The highest BCUT2D eigenvalue weighted by Gasteiger charge is 2.24. The average molecular weight is 370 g/mol. The van der Waals surface area contributed by atoms with E-state index in [1.54, 1.807) is 6.92 Å². The topological polar surface area (TPSA) is 152 Å². The molecule has 11 heteroatoms. The van der Waals surface area contributed by atoms with Gasteiger partial charge in [0.15, 0.2) is 5.82 Å². The molecule has 0 radical (unpaired) electrons. The van der Waals surface area contributed by atoms with E-state index in [0.717, 1.165) is 0 Å². The summed E-state index contributed by atoms with van der Waals surface area (Å²) in [7, 11) is 1.37. The molecule has 0 fully saturated rings. The zero-order valence-electron chi connectivity index (χ0n) is 14.3. The molecule has 0 aliphatic rings. The van der Waals surface area contributed by atoms with Gasteiger partial charge in [-0.3, -0.25) is 14.9 Å². The molecule has 0 aliphatic heterocycles. The van der Waals surface area contributed by atoms with E-state index in [0.29, 0.717) is 5.52 Å². The SMILES string of the molecule is C=C(C)C(=O)Nc1ncn(-c2ncc(OC)c3c(C(=O)C(=O)O)c[nH]c23)n1. The van der Waals surface area contributed by atoms with Crippen LogP contribution >= 0.6 is 0 Å². The molecular formula is C16H14N6O5. The second-order valence-electron chi connectivity index (χ2n) is 5.48. The molecular weight excluding hydrogens is 356 g/mol. The minimum absolute atomic E-state index is 0.0298. The summed E-state index contributed by atoms with van der Waals surface area (Å²) in [5.74, 6) is -2.64. The van der Waals surface area contributed by atoms with Gasteiger partial charge < -0.3 is 14.8 Å². The summed E-state index contributed by atoms with van der Waals surface area (Å²) in [6.45, 7) is 5.07. The lowest BCUT2D eigenvalue weighted by Gasteiger charge is -2.07. The summed E-state index contributed by atoms with van der Waals surface area (Å²) in [6, 6.07) is 0. The van der Waals surface area contributed by atoms with E-state index in [2.05, 4.69) is 31.9 Å². The lowest BCUT2D eigenvalue weighted by atomic mass is 10.1. The summed E-state index contributed by atoms with van der Waals surface area (Å²) in [4.78, 5) is 45.7. The van der Waals surface area contributed by atoms with Crippen LogP contribution in [-0.2, 0) is 9.59 Å². The fourth-order valence-corrected chi connectivity index (χ4v) is 2.36. The molecule has 3 N–H and O–H groups in total. The molecule has 11 nitrogen and oxygen atoms in total. The van der Waals surface area contributed by atoms with Gasteiger partial charge in [-0.25, -0.2) is 9.78 Å². The monoisotopic (exact) mass is 370 g/mol. The predicted octanol–water partition coefficient (Wildman–Crippen LogP) is 0.934.